The maximum Gasteiger partial charge on any atom is 0.153 e. The van der Waals surface area contributed by atoms with Crippen molar-refractivity contribution in [3.63, 3.8) is 0 Å². The molecule has 7 aromatic carbocycles. The summed E-state index contributed by atoms with van der Waals surface area (Å²) in [5.41, 5.74) is 6.93. The van der Waals surface area contributed by atoms with Gasteiger partial charge in [-0.1, -0.05) is 97.1 Å². The minimum atomic E-state index is 0.932. The first kappa shape index (κ1) is 22.0. The van der Waals surface area contributed by atoms with E-state index in [0.29, 0.717) is 0 Å². The monoisotopic (exact) mass is 526 g/mol. The third kappa shape index (κ3) is 3.08. The van der Waals surface area contributed by atoms with Gasteiger partial charge in [-0.15, -0.1) is 11.3 Å². The molecule has 0 aliphatic rings. The summed E-state index contributed by atoms with van der Waals surface area (Å²) in [6.45, 7) is 0. The van der Waals surface area contributed by atoms with Crippen LogP contribution in [0.2, 0.25) is 0 Å². The lowest BCUT2D eigenvalue weighted by Crippen LogP contribution is -1.91. The lowest BCUT2D eigenvalue weighted by Gasteiger charge is -2.18. The highest BCUT2D eigenvalue weighted by molar-refractivity contribution is 7.18. The van der Waals surface area contributed by atoms with Gasteiger partial charge in [-0.25, -0.2) is 0 Å². The molecule has 2 heterocycles. The summed E-state index contributed by atoms with van der Waals surface area (Å²) < 4.78 is 7.63. The van der Waals surface area contributed by atoms with Crippen LogP contribution in [-0.2, 0) is 0 Å². The fourth-order valence-corrected chi connectivity index (χ4v) is 7.39. The normalized spacial score (nSPS) is 12.0. The number of rotatable bonds is 2. The van der Waals surface area contributed by atoms with E-state index in [4.69, 9.17) is 4.42 Å². The molecule has 0 saturated heterocycles. The third-order valence-corrected chi connectivity index (χ3v) is 9.25. The maximum absolute atomic E-state index is 6.41. The van der Waals surface area contributed by atoms with Crippen LogP contribution in [0, 0.1) is 0 Å². The predicted octanol–water partition coefficient (Wildman–Crippen LogP) is 11.6. The second kappa shape index (κ2) is 8.29. The van der Waals surface area contributed by atoms with Crippen molar-refractivity contribution in [2.45, 2.75) is 0 Å². The molecule has 186 valence electrons. The van der Waals surface area contributed by atoms with Crippen LogP contribution in [0.3, 0.4) is 0 Å². The first-order valence-corrected chi connectivity index (χ1v) is 14.5. The molecule has 9 rings (SSSR count). The van der Waals surface area contributed by atoms with E-state index in [1.165, 1.54) is 70.0 Å². The number of hydrogen-bond donors (Lipinski definition) is 0. The van der Waals surface area contributed by atoms with Gasteiger partial charge in [0.2, 0.25) is 0 Å². The molecule has 0 N–H and O–H groups in total. The second-order valence-corrected chi connectivity index (χ2v) is 11.4. The zero-order valence-corrected chi connectivity index (χ0v) is 22.3. The van der Waals surface area contributed by atoms with E-state index in [0.717, 1.165) is 16.6 Å². The van der Waals surface area contributed by atoms with E-state index in [1.54, 1.807) is 11.3 Å². The molecule has 0 amide bonds. The number of fused-ring (bicyclic) bond motifs is 8. The Hall–Kier alpha value is -4.92. The topological polar surface area (TPSA) is 13.1 Å². The van der Waals surface area contributed by atoms with Gasteiger partial charge in [-0.05, 0) is 95.7 Å². The Balaban J connectivity index is 1.37. The Morgan fingerprint density at radius 3 is 1.75 bits per heavy atom. The van der Waals surface area contributed by atoms with Crippen LogP contribution in [-0.4, -0.2) is 0 Å². The van der Waals surface area contributed by atoms with Crippen molar-refractivity contribution in [1.29, 1.82) is 0 Å². The number of thiophene rings is 1. The molecule has 0 spiro atoms. The van der Waals surface area contributed by atoms with Crippen LogP contribution in [0.5, 0.6) is 0 Å². The van der Waals surface area contributed by atoms with E-state index >= 15 is 0 Å². The molecule has 0 saturated carbocycles. The van der Waals surface area contributed by atoms with Gasteiger partial charge in [0.05, 0.1) is 4.70 Å². The largest absolute Gasteiger partial charge is 0.455 e. The molecule has 9 aromatic rings. The van der Waals surface area contributed by atoms with Gasteiger partial charge in [0.15, 0.2) is 5.58 Å². The number of furan rings is 1. The van der Waals surface area contributed by atoms with Gasteiger partial charge in [0.25, 0.3) is 0 Å². The summed E-state index contributed by atoms with van der Waals surface area (Å²) in [5.74, 6) is 0. The van der Waals surface area contributed by atoms with Gasteiger partial charge < -0.3 is 4.42 Å². The first-order chi connectivity index (χ1) is 19.8. The molecule has 0 fully saturated rings. The molecule has 0 radical (unpaired) electrons. The highest BCUT2D eigenvalue weighted by atomic mass is 32.1. The molecule has 2 heteroatoms. The van der Waals surface area contributed by atoms with Crippen molar-refractivity contribution in [1.82, 2.24) is 0 Å². The molecular formula is C38H22OS. The number of benzene rings is 7. The second-order valence-electron chi connectivity index (χ2n) is 10.5. The van der Waals surface area contributed by atoms with Gasteiger partial charge in [0, 0.05) is 10.8 Å². The van der Waals surface area contributed by atoms with Crippen LogP contribution >= 0.6 is 11.3 Å². The molecule has 0 aliphatic carbocycles. The van der Waals surface area contributed by atoms with Crippen molar-refractivity contribution in [3.8, 4) is 22.3 Å². The van der Waals surface area contributed by atoms with Gasteiger partial charge in [0.1, 0.15) is 5.58 Å². The molecule has 0 unspecified atom stereocenters. The van der Waals surface area contributed by atoms with Crippen molar-refractivity contribution in [2.75, 3.05) is 0 Å². The fourth-order valence-electron chi connectivity index (χ4n) is 6.51. The zero-order chi connectivity index (χ0) is 26.2. The van der Waals surface area contributed by atoms with Gasteiger partial charge in [-0.2, -0.15) is 0 Å². The van der Waals surface area contributed by atoms with Crippen LogP contribution in [0.1, 0.15) is 0 Å². The molecular weight excluding hydrogens is 504 g/mol. The smallest absolute Gasteiger partial charge is 0.153 e. The Morgan fingerprint density at radius 1 is 0.425 bits per heavy atom. The van der Waals surface area contributed by atoms with Crippen LogP contribution in [0.4, 0.5) is 0 Å². The van der Waals surface area contributed by atoms with E-state index < -0.39 is 0 Å². The van der Waals surface area contributed by atoms with Crippen LogP contribution in [0.25, 0.3) is 86.6 Å². The lowest BCUT2D eigenvalue weighted by molar-refractivity contribution is 0.673. The van der Waals surface area contributed by atoms with Gasteiger partial charge in [-0.3, -0.25) is 0 Å². The summed E-state index contributed by atoms with van der Waals surface area (Å²) in [6.07, 6.45) is 0. The summed E-state index contributed by atoms with van der Waals surface area (Å²) in [7, 11) is 0. The zero-order valence-electron chi connectivity index (χ0n) is 21.5. The third-order valence-electron chi connectivity index (χ3n) is 8.32. The van der Waals surface area contributed by atoms with E-state index in [9.17, 15) is 0 Å². The van der Waals surface area contributed by atoms with Gasteiger partial charge >= 0.3 is 0 Å². The van der Waals surface area contributed by atoms with Crippen molar-refractivity contribution in [2.24, 2.45) is 0 Å². The molecule has 2 aromatic heterocycles. The minimum Gasteiger partial charge on any atom is -0.455 e. The number of hydrogen-bond acceptors (Lipinski definition) is 2. The molecule has 0 atom stereocenters. The summed E-state index contributed by atoms with van der Waals surface area (Å²) in [5, 5.41) is 13.3. The highest BCUT2D eigenvalue weighted by Gasteiger charge is 2.18. The highest BCUT2D eigenvalue weighted by Crippen LogP contribution is 2.45. The Bertz CT molecular complexity index is 2380. The average molecular weight is 527 g/mol. The maximum atomic E-state index is 6.41. The van der Waals surface area contributed by atoms with Crippen molar-refractivity contribution >= 4 is 75.7 Å². The quantitative estimate of drug-likeness (QED) is 0.204. The Kier molecular flexibility index (Phi) is 4.55. The molecule has 1 nitrogen and oxygen atoms in total. The lowest BCUT2D eigenvalue weighted by atomic mass is 9.85. The molecule has 0 bridgehead atoms. The molecule has 0 aliphatic heterocycles. The minimum absolute atomic E-state index is 0.932. The SMILES string of the molecule is c1ccc2cc(-c3c4ccccc4c(-c4ccc5oc6c(ccc7ccsc76)c5c4)c4ccccc34)ccc2c1. The van der Waals surface area contributed by atoms with E-state index in [1.807, 2.05) is 0 Å². The summed E-state index contributed by atoms with van der Waals surface area (Å²) in [6, 6.07) is 46.4. The Morgan fingerprint density at radius 2 is 1.02 bits per heavy atom. The van der Waals surface area contributed by atoms with Crippen molar-refractivity contribution in [3.05, 3.63) is 133 Å². The summed E-state index contributed by atoms with van der Waals surface area (Å²) >= 11 is 1.74. The standard InChI is InChI=1S/C38H22OS/c1-2-8-25-21-26(14-13-23(25)7-1)35-28-9-3-5-11-30(28)36(31-12-6-4-10-29(31)35)27-16-18-34-33(22-27)32-17-15-24-19-20-40-38(24)37(32)39-34/h1-22H. The summed E-state index contributed by atoms with van der Waals surface area (Å²) in [4.78, 5) is 0. The van der Waals surface area contributed by atoms with E-state index in [2.05, 4.69) is 133 Å². The molecule has 40 heavy (non-hydrogen) atoms. The first-order valence-electron chi connectivity index (χ1n) is 13.6. The van der Waals surface area contributed by atoms with Crippen LogP contribution < -0.4 is 0 Å². The van der Waals surface area contributed by atoms with Crippen molar-refractivity contribution < 1.29 is 4.42 Å². The average Bonchev–Trinajstić information content (AvgIpc) is 3.64. The van der Waals surface area contributed by atoms with Crippen LogP contribution in [0.15, 0.2) is 137 Å². The Labute approximate surface area is 234 Å². The fraction of sp³-hybridized carbons (Fsp3) is 0. The predicted molar refractivity (Wildman–Crippen MR) is 172 cm³/mol. The van der Waals surface area contributed by atoms with E-state index in [-0.39, 0.29) is 0 Å².